The summed E-state index contributed by atoms with van der Waals surface area (Å²) in [6, 6.07) is 5.28. The number of phenolic OH excluding ortho intramolecular Hbond substituents is 1. The Morgan fingerprint density at radius 1 is 1.06 bits per heavy atom. The Labute approximate surface area is 99.3 Å². The van der Waals surface area contributed by atoms with Crippen LogP contribution in [-0.4, -0.2) is 16.2 Å². The van der Waals surface area contributed by atoms with Crippen LogP contribution < -0.4 is 0 Å². The van der Waals surface area contributed by atoms with E-state index in [0.29, 0.717) is 11.1 Å². The van der Waals surface area contributed by atoms with Crippen molar-refractivity contribution in [2.75, 3.05) is 0 Å². The number of benzene rings is 2. The summed E-state index contributed by atoms with van der Waals surface area (Å²) in [5.74, 6) is -0.646. The lowest BCUT2D eigenvalue weighted by Gasteiger charge is -2.10. The smallest absolute Gasteiger partial charge is 0.335 e. The topological polar surface area (TPSA) is 57.5 Å². The van der Waals surface area contributed by atoms with Crippen LogP contribution in [0.15, 0.2) is 18.2 Å². The van der Waals surface area contributed by atoms with Crippen LogP contribution in [0.1, 0.15) is 27.0 Å². The molecular weight excluding hydrogens is 216 g/mol. The zero-order valence-electron chi connectivity index (χ0n) is 10.0. The third kappa shape index (κ3) is 1.73. The number of carbonyl (C=O) groups is 1. The quantitative estimate of drug-likeness (QED) is 0.791. The molecule has 17 heavy (non-hydrogen) atoms. The highest BCUT2D eigenvalue weighted by molar-refractivity contribution is 5.98. The molecule has 0 saturated heterocycles. The summed E-state index contributed by atoms with van der Waals surface area (Å²) in [4.78, 5) is 11.1. The van der Waals surface area contributed by atoms with Crippen molar-refractivity contribution in [1.82, 2.24) is 0 Å². The lowest BCUT2D eigenvalue weighted by molar-refractivity contribution is 0.0696. The van der Waals surface area contributed by atoms with E-state index < -0.39 is 5.97 Å². The predicted octanol–water partition coefficient (Wildman–Crippen LogP) is 3.17. The lowest BCUT2D eigenvalue weighted by Crippen LogP contribution is -2.00. The van der Waals surface area contributed by atoms with Gasteiger partial charge in [0.1, 0.15) is 5.75 Å². The fourth-order valence-electron chi connectivity index (χ4n) is 2.12. The van der Waals surface area contributed by atoms with Gasteiger partial charge in [0, 0.05) is 0 Å². The molecule has 0 spiro atoms. The number of aromatic hydroxyl groups is 1. The number of carboxylic acid groups (broad SMARTS) is 1. The van der Waals surface area contributed by atoms with Crippen molar-refractivity contribution in [3.63, 3.8) is 0 Å². The predicted molar refractivity (Wildman–Crippen MR) is 66.8 cm³/mol. The lowest BCUT2D eigenvalue weighted by atomic mass is 9.96. The maximum atomic E-state index is 11.1. The molecule has 2 rings (SSSR count). The number of rotatable bonds is 1. The first kappa shape index (κ1) is 11.5. The zero-order valence-corrected chi connectivity index (χ0v) is 10.0. The Bertz CT molecular complexity index is 627. The van der Waals surface area contributed by atoms with Crippen molar-refractivity contribution >= 4 is 16.7 Å². The fraction of sp³-hybridized carbons (Fsp3) is 0.214. The summed E-state index contributed by atoms with van der Waals surface area (Å²) in [5.41, 5.74) is 2.56. The van der Waals surface area contributed by atoms with Crippen LogP contribution in [0.2, 0.25) is 0 Å². The molecular formula is C14H14O3. The van der Waals surface area contributed by atoms with Crippen LogP contribution in [0.3, 0.4) is 0 Å². The molecule has 0 unspecified atom stereocenters. The number of phenols is 1. The third-order valence-corrected chi connectivity index (χ3v) is 3.13. The molecule has 0 fully saturated rings. The molecule has 0 aliphatic rings. The van der Waals surface area contributed by atoms with Gasteiger partial charge in [-0.3, -0.25) is 0 Å². The van der Waals surface area contributed by atoms with Gasteiger partial charge in [-0.1, -0.05) is 6.07 Å². The van der Waals surface area contributed by atoms with Crippen molar-refractivity contribution in [2.24, 2.45) is 0 Å². The first-order valence-electron chi connectivity index (χ1n) is 5.38. The molecule has 0 heterocycles. The first-order chi connectivity index (χ1) is 7.91. The van der Waals surface area contributed by atoms with E-state index in [1.54, 1.807) is 13.0 Å². The second-order valence-corrected chi connectivity index (χ2v) is 4.36. The molecule has 0 aliphatic carbocycles. The van der Waals surface area contributed by atoms with Gasteiger partial charge < -0.3 is 10.2 Å². The molecule has 0 atom stereocenters. The second kappa shape index (κ2) is 3.77. The summed E-state index contributed by atoms with van der Waals surface area (Å²) < 4.78 is 0. The Balaban J connectivity index is 2.88. The number of hydrogen-bond acceptors (Lipinski definition) is 2. The van der Waals surface area contributed by atoms with Gasteiger partial charge in [-0.05, 0) is 60.4 Å². The summed E-state index contributed by atoms with van der Waals surface area (Å²) in [6.45, 7) is 5.41. The highest BCUT2D eigenvalue weighted by atomic mass is 16.4. The van der Waals surface area contributed by atoms with E-state index in [2.05, 4.69) is 0 Å². The third-order valence-electron chi connectivity index (χ3n) is 3.13. The molecule has 2 aromatic rings. The molecule has 2 N–H and O–H groups in total. The van der Waals surface area contributed by atoms with Gasteiger partial charge in [-0.2, -0.15) is 0 Å². The minimum absolute atomic E-state index is 0.278. The van der Waals surface area contributed by atoms with E-state index in [-0.39, 0.29) is 5.75 Å². The van der Waals surface area contributed by atoms with E-state index in [4.69, 9.17) is 5.11 Å². The van der Waals surface area contributed by atoms with Crippen molar-refractivity contribution in [2.45, 2.75) is 20.8 Å². The number of fused-ring (bicyclic) bond motifs is 1. The Kier molecular flexibility index (Phi) is 2.54. The summed E-state index contributed by atoms with van der Waals surface area (Å²) in [5, 5.41) is 20.7. The number of aryl methyl sites for hydroxylation is 3. The van der Waals surface area contributed by atoms with Crippen LogP contribution in [0.5, 0.6) is 5.75 Å². The maximum Gasteiger partial charge on any atom is 0.335 e. The molecule has 0 aliphatic heterocycles. The average molecular weight is 230 g/mol. The second-order valence-electron chi connectivity index (χ2n) is 4.36. The van der Waals surface area contributed by atoms with Gasteiger partial charge in [0.2, 0.25) is 0 Å². The van der Waals surface area contributed by atoms with E-state index in [9.17, 15) is 9.90 Å². The van der Waals surface area contributed by atoms with Crippen LogP contribution in [0.25, 0.3) is 10.8 Å². The van der Waals surface area contributed by atoms with Crippen molar-refractivity contribution in [3.05, 3.63) is 40.5 Å². The molecule has 0 bridgehead atoms. The van der Waals surface area contributed by atoms with E-state index in [1.165, 1.54) is 0 Å². The van der Waals surface area contributed by atoms with E-state index in [0.717, 1.165) is 21.9 Å². The van der Waals surface area contributed by atoms with Crippen LogP contribution in [0.4, 0.5) is 0 Å². The van der Waals surface area contributed by atoms with Crippen LogP contribution in [-0.2, 0) is 0 Å². The zero-order chi connectivity index (χ0) is 12.7. The van der Waals surface area contributed by atoms with E-state index >= 15 is 0 Å². The minimum Gasteiger partial charge on any atom is -0.507 e. The number of carboxylic acids is 1. The monoisotopic (exact) mass is 230 g/mol. The van der Waals surface area contributed by atoms with Crippen molar-refractivity contribution in [1.29, 1.82) is 0 Å². The number of aromatic carboxylic acids is 1. The van der Waals surface area contributed by atoms with Gasteiger partial charge in [0.05, 0.1) is 5.56 Å². The molecule has 0 amide bonds. The first-order valence-corrected chi connectivity index (χ1v) is 5.38. The molecule has 88 valence electrons. The Hall–Kier alpha value is -2.03. The largest absolute Gasteiger partial charge is 0.507 e. The normalized spacial score (nSPS) is 10.8. The highest BCUT2D eigenvalue weighted by Crippen LogP contribution is 2.31. The van der Waals surface area contributed by atoms with Crippen molar-refractivity contribution < 1.29 is 15.0 Å². The van der Waals surface area contributed by atoms with Gasteiger partial charge in [-0.25, -0.2) is 4.79 Å². The maximum absolute atomic E-state index is 11.1. The summed E-state index contributed by atoms with van der Waals surface area (Å²) in [6.07, 6.45) is 0. The molecule has 0 aromatic heterocycles. The Morgan fingerprint density at radius 2 is 1.71 bits per heavy atom. The summed E-state index contributed by atoms with van der Waals surface area (Å²) >= 11 is 0. The van der Waals surface area contributed by atoms with Gasteiger partial charge in [0.25, 0.3) is 0 Å². The fourth-order valence-corrected chi connectivity index (χ4v) is 2.12. The molecule has 3 nitrogen and oxygen atoms in total. The number of hydrogen-bond donors (Lipinski definition) is 2. The van der Waals surface area contributed by atoms with Gasteiger partial charge in [0.15, 0.2) is 0 Å². The van der Waals surface area contributed by atoms with Crippen LogP contribution in [0, 0.1) is 20.8 Å². The van der Waals surface area contributed by atoms with Gasteiger partial charge >= 0.3 is 5.97 Å². The minimum atomic E-state index is -0.923. The van der Waals surface area contributed by atoms with E-state index in [1.807, 2.05) is 26.0 Å². The molecule has 0 saturated carbocycles. The standard InChI is InChI=1S/C14H14O3/c1-7-5-12-9(3)13(15)8(2)4-10(12)6-11(7)14(16)17/h4-6,15H,1-3H3,(H,16,17). The highest BCUT2D eigenvalue weighted by Gasteiger charge is 2.12. The SMILES string of the molecule is Cc1cc2c(C)c(O)c(C)cc2cc1C(=O)O. The van der Waals surface area contributed by atoms with Crippen LogP contribution >= 0.6 is 0 Å². The molecule has 0 radical (unpaired) electrons. The van der Waals surface area contributed by atoms with Gasteiger partial charge in [-0.15, -0.1) is 0 Å². The molecule has 2 aromatic carbocycles. The summed E-state index contributed by atoms with van der Waals surface area (Å²) in [7, 11) is 0. The Morgan fingerprint density at radius 3 is 2.29 bits per heavy atom. The van der Waals surface area contributed by atoms with Crippen molar-refractivity contribution in [3.8, 4) is 5.75 Å². The molecule has 3 heteroatoms. The average Bonchev–Trinajstić information content (AvgIpc) is 2.26.